The number of hydrogen-bond donors (Lipinski definition) is 0. The minimum atomic E-state index is -2.11. The standard InChI is InChI=1S/C17H15Cl3N2O3/c1-2-25-15(23)13-5-7-14(8-6-13)22(16(24)17(18,19)20)11-12-4-3-9-21-10-12/h3-10H,2,11H2,1H3. The SMILES string of the molecule is CCOC(=O)c1ccc(N(Cc2cccnc2)C(=O)C(Cl)(Cl)Cl)cc1. The first-order valence-electron chi connectivity index (χ1n) is 7.37. The van der Waals surface area contributed by atoms with Gasteiger partial charge in [0.05, 0.1) is 18.7 Å². The van der Waals surface area contributed by atoms with Crippen molar-refractivity contribution in [1.82, 2.24) is 4.98 Å². The number of esters is 1. The van der Waals surface area contributed by atoms with E-state index in [0.717, 1.165) is 5.56 Å². The molecule has 2 rings (SSSR count). The number of nitrogens with zero attached hydrogens (tertiary/aromatic N) is 2. The van der Waals surface area contributed by atoms with Crippen molar-refractivity contribution in [3.05, 3.63) is 59.9 Å². The molecule has 1 aromatic heterocycles. The van der Waals surface area contributed by atoms with Gasteiger partial charge in [-0.1, -0.05) is 40.9 Å². The lowest BCUT2D eigenvalue weighted by Crippen LogP contribution is -2.39. The largest absolute Gasteiger partial charge is 0.462 e. The summed E-state index contributed by atoms with van der Waals surface area (Å²) < 4.78 is 2.83. The van der Waals surface area contributed by atoms with Gasteiger partial charge in [-0.25, -0.2) is 4.79 Å². The quantitative estimate of drug-likeness (QED) is 0.557. The van der Waals surface area contributed by atoms with Gasteiger partial charge in [0.25, 0.3) is 9.70 Å². The molecule has 1 aromatic carbocycles. The normalized spacial score (nSPS) is 11.0. The van der Waals surface area contributed by atoms with Crippen molar-refractivity contribution in [2.45, 2.75) is 17.3 Å². The number of benzene rings is 1. The maximum Gasteiger partial charge on any atom is 0.338 e. The summed E-state index contributed by atoms with van der Waals surface area (Å²) in [6, 6.07) is 9.84. The Hall–Kier alpha value is -1.82. The fourth-order valence-electron chi connectivity index (χ4n) is 2.10. The first kappa shape index (κ1) is 19.5. The van der Waals surface area contributed by atoms with Gasteiger partial charge in [-0.05, 0) is 42.8 Å². The van der Waals surface area contributed by atoms with Gasteiger partial charge in [-0.3, -0.25) is 9.78 Å². The van der Waals surface area contributed by atoms with Crippen LogP contribution >= 0.6 is 34.8 Å². The van der Waals surface area contributed by atoms with E-state index in [2.05, 4.69) is 4.98 Å². The topological polar surface area (TPSA) is 59.5 Å². The summed E-state index contributed by atoms with van der Waals surface area (Å²) in [6.45, 7) is 2.17. The molecule has 1 amide bonds. The summed E-state index contributed by atoms with van der Waals surface area (Å²) in [6.07, 6.45) is 3.24. The molecular formula is C17H15Cl3N2O3. The van der Waals surface area contributed by atoms with Crippen LogP contribution in [-0.2, 0) is 16.1 Å². The molecule has 0 aliphatic carbocycles. The van der Waals surface area contributed by atoms with Crippen LogP contribution < -0.4 is 4.90 Å². The van der Waals surface area contributed by atoms with E-state index in [1.54, 1.807) is 55.7 Å². The summed E-state index contributed by atoms with van der Waals surface area (Å²) >= 11 is 17.3. The Morgan fingerprint density at radius 3 is 2.36 bits per heavy atom. The molecule has 0 radical (unpaired) electrons. The number of alkyl halides is 3. The van der Waals surface area contributed by atoms with E-state index in [9.17, 15) is 9.59 Å². The molecule has 0 saturated heterocycles. The van der Waals surface area contributed by atoms with Gasteiger partial charge in [-0.15, -0.1) is 0 Å². The number of rotatable bonds is 5. The lowest BCUT2D eigenvalue weighted by Gasteiger charge is -2.26. The van der Waals surface area contributed by atoms with Crippen LogP contribution in [-0.4, -0.2) is 27.3 Å². The lowest BCUT2D eigenvalue weighted by atomic mass is 10.1. The van der Waals surface area contributed by atoms with Gasteiger partial charge in [-0.2, -0.15) is 0 Å². The number of amides is 1. The van der Waals surface area contributed by atoms with E-state index < -0.39 is 15.7 Å². The zero-order chi connectivity index (χ0) is 18.4. The van der Waals surface area contributed by atoms with E-state index in [1.165, 1.54) is 4.90 Å². The molecule has 132 valence electrons. The second-order valence-corrected chi connectivity index (χ2v) is 7.30. The molecule has 0 bridgehead atoms. The molecular weight excluding hydrogens is 387 g/mol. The van der Waals surface area contributed by atoms with Crippen molar-refractivity contribution < 1.29 is 14.3 Å². The number of hydrogen-bond acceptors (Lipinski definition) is 4. The third kappa shape index (κ3) is 5.33. The Bertz CT molecular complexity index is 731. The van der Waals surface area contributed by atoms with Crippen LogP contribution in [0, 0.1) is 0 Å². The average molecular weight is 402 g/mol. The summed E-state index contributed by atoms with van der Waals surface area (Å²) in [5.41, 5.74) is 1.61. The minimum Gasteiger partial charge on any atom is -0.462 e. The smallest absolute Gasteiger partial charge is 0.338 e. The number of halogens is 3. The minimum absolute atomic E-state index is 0.166. The van der Waals surface area contributed by atoms with Gasteiger partial charge in [0.1, 0.15) is 0 Å². The number of pyridine rings is 1. The molecule has 1 heterocycles. The van der Waals surface area contributed by atoms with Crippen molar-refractivity contribution >= 4 is 52.4 Å². The van der Waals surface area contributed by atoms with Crippen LogP contribution in [0.4, 0.5) is 5.69 Å². The molecule has 0 atom stereocenters. The van der Waals surface area contributed by atoms with Gasteiger partial charge in [0.15, 0.2) is 0 Å². The van der Waals surface area contributed by atoms with Crippen LogP contribution in [0.15, 0.2) is 48.8 Å². The Balaban J connectivity index is 2.31. The highest BCUT2D eigenvalue weighted by molar-refractivity contribution is 6.76. The predicted octanol–water partition coefficient (Wildman–Crippen LogP) is 4.16. The maximum absolute atomic E-state index is 12.5. The van der Waals surface area contributed by atoms with Crippen molar-refractivity contribution in [2.75, 3.05) is 11.5 Å². The number of ether oxygens (including phenoxy) is 1. The third-order valence-corrected chi connectivity index (χ3v) is 3.73. The molecule has 0 saturated carbocycles. The highest BCUT2D eigenvalue weighted by Crippen LogP contribution is 2.32. The second kappa shape index (κ2) is 8.52. The Morgan fingerprint density at radius 2 is 1.84 bits per heavy atom. The zero-order valence-electron chi connectivity index (χ0n) is 13.3. The molecule has 0 spiro atoms. The van der Waals surface area contributed by atoms with Gasteiger partial charge < -0.3 is 9.64 Å². The van der Waals surface area contributed by atoms with Crippen LogP contribution in [0.5, 0.6) is 0 Å². The zero-order valence-corrected chi connectivity index (χ0v) is 15.6. The van der Waals surface area contributed by atoms with Crippen molar-refractivity contribution in [1.29, 1.82) is 0 Å². The third-order valence-electron chi connectivity index (χ3n) is 3.24. The molecule has 0 unspecified atom stereocenters. The van der Waals surface area contributed by atoms with Crippen molar-refractivity contribution in [2.24, 2.45) is 0 Å². The predicted molar refractivity (Wildman–Crippen MR) is 98.1 cm³/mol. The van der Waals surface area contributed by atoms with E-state index in [0.29, 0.717) is 11.3 Å². The molecule has 0 aliphatic heterocycles. The summed E-state index contributed by atoms with van der Waals surface area (Å²) in [5, 5.41) is 0. The molecule has 0 N–H and O–H groups in total. The van der Waals surface area contributed by atoms with Crippen LogP contribution in [0.3, 0.4) is 0 Å². The summed E-state index contributed by atoms with van der Waals surface area (Å²) in [4.78, 5) is 29.6. The number of anilines is 1. The van der Waals surface area contributed by atoms with E-state index in [4.69, 9.17) is 39.5 Å². The molecule has 25 heavy (non-hydrogen) atoms. The van der Waals surface area contributed by atoms with E-state index >= 15 is 0 Å². The van der Waals surface area contributed by atoms with E-state index in [-0.39, 0.29) is 13.2 Å². The van der Waals surface area contributed by atoms with Crippen molar-refractivity contribution in [3.63, 3.8) is 0 Å². The number of carbonyl (C=O) groups excluding carboxylic acids is 2. The maximum atomic E-state index is 12.5. The fourth-order valence-corrected chi connectivity index (χ4v) is 2.41. The summed E-state index contributed by atoms with van der Waals surface area (Å²) in [5.74, 6) is -1.15. The Kier molecular flexibility index (Phi) is 6.64. The molecule has 2 aromatic rings. The van der Waals surface area contributed by atoms with Crippen LogP contribution in [0.1, 0.15) is 22.8 Å². The van der Waals surface area contributed by atoms with Crippen LogP contribution in [0.2, 0.25) is 0 Å². The van der Waals surface area contributed by atoms with Gasteiger partial charge >= 0.3 is 5.97 Å². The molecule has 8 heteroatoms. The second-order valence-electron chi connectivity index (χ2n) is 5.02. The van der Waals surface area contributed by atoms with Crippen molar-refractivity contribution in [3.8, 4) is 0 Å². The fraction of sp³-hybridized carbons (Fsp3) is 0.235. The van der Waals surface area contributed by atoms with Gasteiger partial charge in [0, 0.05) is 18.1 Å². The number of aromatic nitrogens is 1. The average Bonchev–Trinajstić information content (AvgIpc) is 2.59. The molecule has 0 aliphatic rings. The first-order valence-corrected chi connectivity index (χ1v) is 8.51. The Morgan fingerprint density at radius 1 is 1.16 bits per heavy atom. The first-order chi connectivity index (χ1) is 11.8. The highest BCUT2D eigenvalue weighted by Gasteiger charge is 2.36. The number of carbonyl (C=O) groups is 2. The van der Waals surface area contributed by atoms with Gasteiger partial charge in [0.2, 0.25) is 0 Å². The molecule has 0 fully saturated rings. The van der Waals surface area contributed by atoms with E-state index in [1.807, 2.05) is 0 Å². The molecule has 5 nitrogen and oxygen atoms in total. The Labute approximate surface area is 160 Å². The lowest BCUT2D eigenvalue weighted by molar-refractivity contribution is -0.117. The van der Waals surface area contributed by atoms with Crippen LogP contribution in [0.25, 0.3) is 0 Å². The highest BCUT2D eigenvalue weighted by atomic mass is 35.6. The summed E-state index contributed by atoms with van der Waals surface area (Å²) in [7, 11) is 0. The monoisotopic (exact) mass is 400 g/mol.